The maximum atomic E-state index is 5.80. The van der Waals surface area contributed by atoms with Gasteiger partial charge >= 0.3 is 0 Å². The maximum absolute atomic E-state index is 5.80. The van der Waals surface area contributed by atoms with Crippen molar-refractivity contribution in [2.45, 2.75) is 70.6 Å². The zero-order valence-electron chi connectivity index (χ0n) is 10.2. The van der Waals surface area contributed by atoms with E-state index >= 15 is 0 Å². The van der Waals surface area contributed by atoms with E-state index in [4.69, 9.17) is 11.6 Å². The van der Waals surface area contributed by atoms with Gasteiger partial charge in [0.05, 0.1) is 8.07 Å². The zero-order chi connectivity index (χ0) is 10.9. The summed E-state index contributed by atoms with van der Waals surface area (Å²) in [5.74, 6) is 0.862. The summed E-state index contributed by atoms with van der Waals surface area (Å²) in [7, 11) is -0.897. The number of halogens is 1. The predicted octanol–water partition coefficient (Wildman–Crippen LogP) is 5.29. The molecule has 0 N–H and O–H groups in total. The van der Waals surface area contributed by atoms with Gasteiger partial charge in [-0.2, -0.15) is 0 Å². The normalized spacial score (nSPS) is 12.0. The Morgan fingerprint density at radius 3 is 1.64 bits per heavy atom. The Morgan fingerprint density at radius 1 is 0.857 bits per heavy atom. The molecule has 0 aliphatic heterocycles. The number of alkyl halides is 1. The molecule has 0 amide bonds. The molecule has 0 aromatic rings. The molecule has 86 valence electrons. The Labute approximate surface area is 96.4 Å². The number of hydrogen-bond acceptors (Lipinski definition) is 0. The van der Waals surface area contributed by atoms with Crippen molar-refractivity contribution < 1.29 is 0 Å². The first-order chi connectivity index (χ1) is 6.68. The standard InChI is InChI=1S/C12H27ClSi/c1-4-6-10-14(3,11-7-5-2)12-8-9-13/h4-12H2,1-3H3. The smallest absolute Gasteiger partial charge is 0.0505 e. The van der Waals surface area contributed by atoms with Gasteiger partial charge in [-0.15, -0.1) is 11.6 Å². The van der Waals surface area contributed by atoms with E-state index in [1.807, 2.05) is 0 Å². The van der Waals surface area contributed by atoms with Gasteiger partial charge in [0.1, 0.15) is 0 Å². The van der Waals surface area contributed by atoms with E-state index in [-0.39, 0.29) is 0 Å². The van der Waals surface area contributed by atoms with Crippen LogP contribution in [0.2, 0.25) is 24.7 Å². The van der Waals surface area contributed by atoms with Crippen molar-refractivity contribution in [2.75, 3.05) is 5.88 Å². The Balaban J connectivity index is 3.89. The van der Waals surface area contributed by atoms with Crippen LogP contribution >= 0.6 is 11.6 Å². The van der Waals surface area contributed by atoms with Crippen LogP contribution in [-0.4, -0.2) is 14.0 Å². The molecule has 0 saturated heterocycles. The monoisotopic (exact) mass is 234 g/mol. The van der Waals surface area contributed by atoms with Crippen LogP contribution in [0.4, 0.5) is 0 Å². The highest BCUT2D eigenvalue weighted by Gasteiger charge is 2.24. The van der Waals surface area contributed by atoms with E-state index in [9.17, 15) is 0 Å². The van der Waals surface area contributed by atoms with Gasteiger partial charge < -0.3 is 0 Å². The quantitative estimate of drug-likeness (QED) is 0.376. The van der Waals surface area contributed by atoms with Crippen LogP contribution in [0.25, 0.3) is 0 Å². The Bertz CT molecular complexity index is 104. The fourth-order valence-electron chi connectivity index (χ4n) is 2.08. The molecular weight excluding hydrogens is 208 g/mol. The van der Waals surface area contributed by atoms with Crippen LogP contribution in [0.15, 0.2) is 0 Å². The number of unbranched alkanes of at least 4 members (excludes halogenated alkanes) is 2. The highest BCUT2D eigenvalue weighted by Crippen LogP contribution is 2.27. The largest absolute Gasteiger partial charge is 0.127 e. The molecule has 0 aliphatic carbocycles. The van der Waals surface area contributed by atoms with Gasteiger partial charge in [0, 0.05) is 5.88 Å². The number of rotatable bonds is 9. The highest BCUT2D eigenvalue weighted by molar-refractivity contribution is 6.78. The van der Waals surface area contributed by atoms with E-state index in [2.05, 4.69) is 20.4 Å². The molecule has 2 heteroatoms. The lowest BCUT2D eigenvalue weighted by Gasteiger charge is -2.27. The van der Waals surface area contributed by atoms with Crippen LogP contribution in [-0.2, 0) is 0 Å². The molecule has 14 heavy (non-hydrogen) atoms. The van der Waals surface area contributed by atoms with Gasteiger partial charge in [0.15, 0.2) is 0 Å². The van der Waals surface area contributed by atoms with E-state index in [0.29, 0.717) is 0 Å². The lowest BCUT2D eigenvalue weighted by Crippen LogP contribution is -2.29. The molecule has 0 fully saturated rings. The summed E-state index contributed by atoms with van der Waals surface area (Å²) in [6, 6.07) is 4.51. The molecule has 0 radical (unpaired) electrons. The van der Waals surface area contributed by atoms with Crippen LogP contribution in [0, 0.1) is 0 Å². The van der Waals surface area contributed by atoms with Crippen LogP contribution < -0.4 is 0 Å². The SMILES string of the molecule is CCCC[Si](C)(CCCC)CCCCl. The van der Waals surface area contributed by atoms with Crippen molar-refractivity contribution >= 4 is 19.7 Å². The summed E-state index contributed by atoms with van der Waals surface area (Å²) in [5, 5.41) is 0. The van der Waals surface area contributed by atoms with E-state index in [1.54, 1.807) is 0 Å². The minimum Gasteiger partial charge on any atom is -0.127 e. The average Bonchev–Trinajstić information content (AvgIpc) is 2.21. The van der Waals surface area contributed by atoms with Crippen molar-refractivity contribution in [3.05, 3.63) is 0 Å². The molecule has 0 rings (SSSR count). The van der Waals surface area contributed by atoms with Gasteiger partial charge in [-0.3, -0.25) is 0 Å². The van der Waals surface area contributed by atoms with Crippen molar-refractivity contribution in [1.82, 2.24) is 0 Å². The second-order valence-corrected chi connectivity index (χ2v) is 10.3. The molecule has 0 aromatic carbocycles. The third-order valence-corrected chi connectivity index (χ3v) is 8.13. The molecule has 0 nitrogen and oxygen atoms in total. The van der Waals surface area contributed by atoms with Crippen LogP contribution in [0.5, 0.6) is 0 Å². The maximum Gasteiger partial charge on any atom is 0.0505 e. The summed E-state index contributed by atoms with van der Waals surface area (Å²) in [4.78, 5) is 0. The summed E-state index contributed by atoms with van der Waals surface area (Å²) >= 11 is 5.80. The summed E-state index contributed by atoms with van der Waals surface area (Å²) < 4.78 is 0. The lowest BCUT2D eigenvalue weighted by atomic mass is 10.4. The average molecular weight is 235 g/mol. The van der Waals surface area contributed by atoms with Crippen molar-refractivity contribution in [2.24, 2.45) is 0 Å². The summed E-state index contributed by atoms with van der Waals surface area (Å²) in [6.45, 7) is 7.19. The second kappa shape index (κ2) is 8.79. The third kappa shape index (κ3) is 6.89. The molecule has 0 heterocycles. The fraction of sp³-hybridized carbons (Fsp3) is 1.00. The van der Waals surface area contributed by atoms with Crippen molar-refractivity contribution in [3.63, 3.8) is 0 Å². The third-order valence-electron chi connectivity index (χ3n) is 3.18. The lowest BCUT2D eigenvalue weighted by molar-refractivity contribution is 0.815. The van der Waals surface area contributed by atoms with Crippen molar-refractivity contribution in [1.29, 1.82) is 0 Å². The first-order valence-electron chi connectivity index (χ1n) is 6.24. The van der Waals surface area contributed by atoms with Gasteiger partial charge in [-0.05, 0) is 6.42 Å². The summed E-state index contributed by atoms with van der Waals surface area (Å²) in [5.41, 5.74) is 0. The molecule has 0 atom stereocenters. The minimum absolute atomic E-state index is 0.862. The van der Waals surface area contributed by atoms with E-state index in [1.165, 1.54) is 50.2 Å². The Morgan fingerprint density at radius 2 is 1.29 bits per heavy atom. The first-order valence-corrected chi connectivity index (χ1v) is 9.90. The van der Waals surface area contributed by atoms with Gasteiger partial charge in [0.2, 0.25) is 0 Å². The zero-order valence-corrected chi connectivity index (χ0v) is 12.0. The van der Waals surface area contributed by atoms with Crippen LogP contribution in [0.1, 0.15) is 46.0 Å². The minimum atomic E-state index is -0.897. The van der Waals surface area contributed by atoms with Gasteiger partial charge in [0.25, 0.3) is 0 Å². The first kappa shape index (κ1) is 14.5. The van der Waals surface area contributed by atoms with Crippen molar-refractivity contribution in [3.8, 4) is 0 Å². The predicted molar refractivity (Wildman–Crippen MR) is 71.2 cm³/mol. The Hall–Kier alpha value is 0.507. The van der Waals surface area contributed by atoms with Crippen LogP contribution in [0.3, 0.4) is 0 Å². The fourth-order valence-corrected chi connectivity index (χ4v) is 6.63. The number of hydrogen-bond donors (Lipinski definition) is 0. The van der Waals surface area contributed by atoms with Gasteiger partial charge in [-0.1, -0.05) is 64.2 Å². The molecular formula is C12H27ClSi. The molecule has 0 unspecified atom stereocenters. The highest BCUT2D eigenvalue weighted by atomic mass is 35.5. The molecule has 0 aliphatic rings. The van der Waals surface area contributed by atoms with E-state index < -0.39 is 8.07 Å². The summed E-state index contributed by atoms with van der Waals surface area (Å²) in [6.07, 6.45) is 6.84. The second-order valence-electron chi connectivity index (χ2n) is 4.81. The molecule has 0 saturated carbocycles. The molecule has 0 aromatic heterocycles. The molecule has 0 spiro atoms. The van der Waals surface area contributed by atoms with Gasteiger partial charge in [-0.25, -0.2) is 0 Å². The van der Waals surface area contributed by atoms with E-state index in [0.717, 1.165) is 5.88 Å². The Kier molecular flexibility index (Phi) is 9.10. The topological polar surface area (TPSA) is 0 Å². The molecule has 0 bridgehead atoms.